The molecule has 28 heavy (non-hydrogen) atoms. The standard InChI is InChI=1S/C23H34N2O3/c1-2-20(18-7-4-3-5-8-18)21-9-6-14-25(21)17-22(26)24-19-10-12-23(13-11-19)27-15-16-28-23/h3-5,7-8,19-21H,2,6,9-17H2,1H3,(H,24,26)/t20-,21-/m0/s1. The summed E-state index contributed by atoms with van der Waals surface area (Å²) in [7, 11) is 0. The van der Waals surface area contributed by atoms with Gasteiger partial charge in [-0.25, -0.2) is 0 Å². The third kappa shape index (κ3) is 4.42. The molecular weight excluding hydrogens is 352 g/mol. The first kappa shape index (κ1) is 19.9. The van der Waals surface area contributed by atoms with Crippen molar-refractivity contribution in [2.75, 3.05) is 26.3 Å². The van der Waals surface area contributed by atoms with Gasteiger partial charge >= 0.3 is 0 Å². The largest absolute Gasteiger partial charge is 0.352 e. The van der Waals surface area contributed by atoms with E-state index < -0.39 is 0 Å². The SMILES string of the molecule is CC[C@@H](c1ccccc1)[C@@H]1CCCN1CC(=O)NC1CCC2(CC1)OCCO2. The number of nitrogens with zero attached hydrogens (tertiary/aromatic N) is 1. The fourth-order valence-electron chi connectivity index (χ4n) is 5.38. The first-order chi connectivity index (χ1) is 13.7. The molecule has 0 unspecified atom stereocenters. The summed E-state index contributed by atoms with van der Waals surface area (Å²) in [5.74, 6) is 0.317. The summed E-state index contributed by atoms with van der Waals surface area (Å²) in [5, 5.41) is 3.28. The van der Waals surface area contributed by atoms with Crippen LogP contribution < -0.4 is 5.32 Å². The van der Waals surface area contributed by atoms with Gasteiger partial charge in [0.05, 0.1) is 19.8 Å². The Morgan fingerprint density at radius 3 is 2.57 bits per heavy atom. The van der Waals surface area contributed by atoms with Crippen molar-refractivity contribution in [1.29, 1.82) is 0 Å². The number of carbonyl (C=O) groups excluding carboxylic acids is 1. The molecule has 2 heterocycles. The highest BCUT2D eigenvalue weighted by Crippen LogP contribution is 2.36. The number of hydrogen-bond acceptors (Lipinski definition) is 4. The van der Waals surface area contributed by atoms with Crippen LogP contribution in [-0.4, -0.2) is 55.0 Å². The average molecular weight is 387 g/mol. The molecular formula is C23H34N2O3. The maximum atomic E-state index is 12.8. The monoisotopic (exact) mass is 386 g/mol. The van der Waals surface area contributed by atoms with E-state index in [0.29, 0.717) is 31.7 Å². The number of hydrogen-bond donors (Lipinski definition) is 1. The summed E-state index contributed by atoms with van der Waals surface area (Å²) in [4.78, 5) is 15.2. The highest BCUT2D eigenvalue weighted by molar-refractivity contribution is 5.78. The summed E-state index contributed by atoms with van der Waals surface area (Å²) < 4.78 is 11.6. The zero-order chi connectivity index (χ0) is 19.4. The number of amides is 1. The molecule has 5 heteroatoms. The molecule has 1 N–H and O–H groups in total. The number of carbonyl (C=O) groups is 1. The number of nitrogens with one attached hydrogen (secondary N) is 1. The van der Waals surface area contributed by atoms with Crippen molar-refractivity contribution in [3.8, 4) is 0 Å². The second-order valence-corrected chi connectivity index (χ2v) is 8.55. The first-order valence-corrected chi connectivity index (χ1v) is 11.1. The van der Waals surface area contributed by atoms with Crippen molar-refractivity contribution in [2.45, 2.75) is 75.7 Å². The maximum Gasteiger partial charge on any atom is 0.234 e. The summed E-state index contributed by atoms with van der Waals surface area (Å²) >= 11 is 0. The highest BCUT2D eigenvalue weighted by atomic mass is 16.7. The van der Waals surface area contributed by atoms with Crippen LogP contribution >= 0.6 is 0 Å². The molecule has 1 aromatic carbocycles. The molecule has 0 radical (unpaired) electrons. The van der Waals surface area contributed by atoms with Crippen molar-refractivity contribution in [3.05, 3.63) is 35.9 Å². The summed E-state index contributed by atoms with van der Waals surface area (Å²) in [6.07, 6.45) is 7.13. The van der Waals surface area contributed by atoms with Gasteiger partial charge in [-0.05, 0) is 50.1 Å². The van der Waals surface area contributed by atoms with Gasteiger partial charge in [-0.15, -0.1) is 0 Å². The predicted octanol–water partition coefficient (Wildman–Crippen LogP) is 3.45. The third-order valence-corrected chi connectivity index (χ3v) is 6.82. The third-order valence-electron chi connectivity index (χ3n) is 6.82. The lowest BCUT2D eigenvalue weighted by Crippen LogP contribution is -2.48. The average Bonchev–Trinajstić information content (AvgIpc) is 3.36. The Kier molecular flexibility index (Phi) is 6.34. The zero-order valence-electron chi connectivity index (χ0n) is 17.1. The van der Waals surface area contributed by atoms with Crippen molar-refractivity contribution < 1.29 is 14.3 Å². The van der Waals surface area contributed by atoms with E-state index in [9.17, 15) is 4.79 Å². The topological polar surface area (TPSA) is 50.8 Å². The number of likely N-dealkylation sites (tertiary alicyclic amines) is 1. The van der Waals surface area contributed by atoms with E-state index >= 15 is 0 Å². The molecule has 3 fully saturated rings. The Hall–Kier alpha value is -1.43. The molecule has 2 aliphatic heterocycles. The minimum Gasteiger partial charge on any atom is -0.352 e. The van der Waals surface area contributed by atoms with E-state index in [1.54, 1.807) is 0 Å². The van der Waals surface area contributed by atoms with Gasteiger partial charge in [-0.2, -0.15) is 0 Å². The summed E-state index contributed by atoms with van der Waals surface area (Å²) in [5.41, 5.74) is 1.40. The van der Waals surface area contributed by atoms with Crippen LogP contribution in [-0.2, 0) is 14.3 Å². The van der Waals surface area contributed by atoms with Gasteiger partial charge < -0.3 is 14.8 Å². The van der Waals surface area contributed by atoms with Crippen molar-refractivity contribution in [2.24, 2.45) is 0 Å². The molecule has 5 nitrogen and oxygen atoms in total. The predicted molar refractivity (Wildman–Crippen MR) is 109 cm³/mol. The van der Waals surface area contributed by atoms with Gasteiger partial charge in [-0.3, -0.25) is 9.69 Å². The van der Waals surface area contributed by atoms with Gasteiger partial charge in [0.2, 0.25) is 5.91 Å². The van der Waals surface area contributed by atoms with Crippen LogP contribution in [0, 0.1) is 0 Å². The second-order valence-electron chi connectivity index (χ2n) is 8.55. The summed E-state index contributed by atoms with van der Waals surface area (Å²) in [6, 6.07) is 11.5. The molecule has 3 aliphatic rings. The molecule has 2 atom stereocenters. The Bertz CT molecular complexity index is 635. The van der Waals surface area contributed by atoms with Crippen molar-refractivity contribution in [3.63, 3.8) is 0 Å². The lowest BCUT2D eigenvalue weighted by Gasteiger charge is -2.36. The molecule has 1 saturated carbocycles. The fourth-order valence-corrected chi connectivity index (χ4v) is 5.38. The zero-order valence-corrected chi connectivity index (χ0v) is 17.1. The first-order valence-electron chi connectivity index (χ1n) is 11.1. The molecule has 4 rings (SSSR count). The molecule has 0 bridgehead atoms. The normalized spacial score (nSPS) is 26.5. The van der Waals surface area contributed by atoms with E-state index in [0.717, 1.165) is 38.6 Å². The van der Waals surface area contributed by atoms with Gasteiger partial charge in [-0.1, -0.05) is 37.3 Å². The number of ether oxygens (including phenoxy) is 2. The van der Waals surface area contributed by atoms with E-state index in [4.69, 9.17) is 9.47 Å². The van der Waals surface area contributed by atoms with Crippen molar-refractivity contribution >= 4 is 5.91 Å². The molecule has 1 aliphatic carbocycles. The highest BCUT2D eigenvalue weighted by Gasteiger charge is 2.41. The van der Waals surface area contributed by atoms with Crippen LogP contribution in [0.1, 0.15) is 63.4 Å². The van der Waals surface area contributed by atoms with Crippen molar-refractivity contribution in [1.82, 2.24) is 10.2 Å². The molecule has 154 valence electrons. The Balaban J connectivity index is 1.30. The lowest BCUT2D eigenvalue weighted by molar-refractivity contribution is -0.180. The lowest BCUT2D eigenvalue weighted by atomic mass is 9.87. The van der Waals surface area contributed by atoms with Crippen LogP contribution in [0.3, 0.4) is 0 Å². The maximum absolute atomic E-state index is 12.8. The Morgan fingerprint density at radius 1 is 1.18 bits per heavy atom. The van der Waals surface area contributed by atoms with Crippen LogP contribution in [0.4, 0.5) is 0 Å². The van der Waals surface area contributed by atoms with Crippen LogP contribution in [0.5, 0.6) is 0 Å². The minimum absolute atomic E-state index is 0.170. The van der Waals surface area contributed by atoms with E-state index in [1.807, 2.05) is 0 Å². The van der Waals surface area contributed by atoms with Crippen LogP contribution in [0.15, 0.2) is 30.3 Å². The van der Waals surface area contributed by atoms with Gasteiger partial charge in [0.15, 0.2) is 5.79 Å². The number of rotatable bonds is 6. The van der Waals surface area contributed by atoms with Crippen LogP contribution in [0.25, 0.3) is 0 Å². The van der Waals surface area contributed by atoms with Gasteiger partial charge in [0, 0.05) is 24.9 Å². The smallest absolute Gasteiger partial charge is 0.234 e. The fraction of sp³-hybridized carbons (Fsp3) is 0.696. The molecule has 1 spiro atoms. The minimum atomic E-state index is -0.356. The number of benzene rings is 1. The van der Waals surface area contributed by atoms with E-state index in [2.05, 4.69) is 47.5 Å². The van der Waals surface area contributed by atoms with Gasteiger partial charge in [0.25, 0.3) is 0 Å². The Labute approximate surface area is 168 Å². The quantitative estimate of drug-likeness (QED) is 0.814. The molecule has 1 amide bonds. The van der Waals surface area contributed by atoms with Crippen LogP contribution in [0.2, 0.25) is 0 Å². The van der Waals surface area contributed by atoms with E-state index in [-0.39, 0.29) is 17.7 Å². The Morgan fingerprint density at radius 2 is 1.89 bits per heavy atom. The second kappa shape index (κ2) is 8.93. The molecule has 1 aromatic rings. The molecule has 2 saturated heterocycles. The van der Waals surface area contributed by atoms with Gasteiger partial charge in [0.1, 0.15) is 0 Å². The summed E-state index contributed by atoms with van der Waals surface area (Å²) in [6.45, 7) is 5.21. The molecule has 0 aromatic heterocycles. The van der Waals surface area contributed by atoms with E-state index in [1.165, 1.54) is 18.4 Å².